The highest BCUT2D eigenvalue weighted by molar-refractivity contribution is 9.10. The molecule has 0 bridgehead atoms. The Hall–Kier alpha value is -5.65. The fourth-order valence-electron chi connectivity index (χ4n) is 6.94. The van der Waals surface area contributed by atoms with Gasteiger partial charge in [-0.1, -0.05) is 50.7 Å². The summed E-state index contributed by atoms with van der Waals surface area (Å²) in [6.07, 6.45) is 0.426. The molecule has 2 aliphatic heterocycles. The average molecular weight is 876 g/mol. The van der Waals surface area contributed by atoms with Crippen molar-refractivity contribution in [1.29, 1.82) is 0 Å². The van der Waals surface area contributed by atoms with Gasteiger partial charge in [-0.15, -0.1) is 13.2 Å². The molecule has 0 saturated heterocycles. The van der Waals surface area contributed by atoms with E-state index in [1.165, 1.54) is 28.7 Å². The third-order valence-electron chi connectivity index (χ3n) is 9.63. The highest BCUT2D eigenvalue weighted by Gasteiger charge is 2.33. The van der Waals surface area contributed by atoms with Crippen molar-refractivity contribution in [2.45, 2.75) is 51.1 Å². The second-order valence-corrected chi connectivity index (χ2v) is 16.4. The standard InChI is InChI=1S/C24H18F3N3O3S.C16H12BrN3O2S/c1-13-11-14(5-9-20(13)33-24(25,26)27)15-4-6-16-21(12-15)34-23(28-16)29-22(32)18-7-8-19(31)17-3-2-10-30(17)18;17-9-3-4-10-14(8-9)23-16(18-10)19-15(22)12-5-6-13(21)11-2-1-7-20(11)12/h2-6,9-12,18H,7-8H2,1H3,(H,28,29,32);1-4,7-8,12H,5-6H2,(H,18,19,22). The molecule has 2 amide bonds. The first-order valence-electron chi connectivity index (χ1n) is 17.6. The maximum absolute atomic E-state index is 12.9. The van der Waals surface area contributed by atoms with Gasteiger partial charge < -0.3 is 24.5 Å². The summed E-state index contributed by atoms with van der Waals surface area (Å²) in [4.78, 5) is 58.3. The van der Waals surface area contributed by atoms with Crippen molar-refractivity contribution >= 4 is 92.7 Å². The van der Waals surface area contributed by atoms with E-state index >= 15 is 0 Å². The highest BCUT2D eigenvalue weighted by Crippen LogP contribution is 2.35. The van der Waals surface area contributed by atoms with Crippen LogP contribution in [-0.4, -0.2) is 48.8 Å². The van der Waals surface area contributed by atoms with Crippen molar-refractivity contribution in [3.05, 3.63) is 113 Å². The molecule has 3 aromatic carbocycles. The minimum atomic E-state index is -4.75. The number of hydrogen-bond donors (Lipinski definition) is 2. The Morgan fingerprint density at radius 2 is 1.26 bits per heavy atom. The summed E-state index contributed by atoms with van der Waals surface area (Å²) in [6, 6.07) is 22.0. The van der Waals surface area contributed by atoms with E-state index in [0.29, 0.717) is 58.4 Å². The highest BCUT2D eigenvalue weighted by atomic mass is 79.9. The number of alkyl halides is 3. The van der Waals surface area contributed by atoms with Gasteiger partial charge in [0.05, 0.1) is 31.8 Å². The summed E-state index contributed by atoms with van der Waals surface area (Å²) in [7, 11) is 0. The zero-order valence-electron chi connectivity index (χ0n) is 29.8. The molecular formula is C40H30BrF3N6O5S2. The number of anilines is 2. The smallest absolute Gasteiger partial charge is 0.406 e. The van der Waals surface area contributed by atoms with E-state index in [9.17, 15) is 32.3 Å². The van der Waals surface area contributed by atoms with Gasteiger partial charge in [0.15, 0.2) is 21.8 Å². The van der Waals surface area contributed by atoms with Crippen LogP contribution < -0.4 is 15.4 Å². The second-order valence-electron chi connectivity index (χ2n) is 13.4. The minimum absolute atomic E-state index is 0.0230. The Morgan fingerprint density at radius 1 is 0.754 bits per heavy atom. The first-order chi connectivity index (χ1) is 27.3. The normalized spacial score (nSPS) is 16.4. The number of amides is 2. The van der Waals surface area contributed by atoms with Crippen LogP contribution in [-0.2, 0) is 9.59 Å². The molecule has 17 heteroatoms. The number of halogens is 4. The van der Waals surface area contributed by atoms with Crippen LogP contribution in [0.2, 0.25) is 0 Å². The number of carbonyl (C=O) groups excluding carboxylic acids is 4. The van der Waals surface area contributed by atoms with Crippen LogP contribution in [0.4, 0.5) is 23.4 Å². The molecule has 57 heavy (non-hydrogen) atoms. The number of rotatable bonds is 6. The average Bonchev–Trinajstić information content (AvgIpc) is 3.98. The molecule has 4 aromatic heterocycles. The quantitative estimate of drug-likeness (QED) is 0.170. The van der Waals surface area contributed by atoms with Crippen molar-refractivity contribution < 1.29 is 37.1 Å². The van der Waals surface area contributed by atoms with Crippen molar-refractivity contribution in [1.82, 2.24) is 19.1 Å². The molecule has 0 saturated carbocycles. The van der Waals surface area contributed by atoms with Crippen LogP contribution in [0.5, 0.6) is 5.75 Å². The number of hydrogen-bond acceptors (Lipinski definition) is 9. The fourth-order valence-corrected chi connectivity index (χ4v) is 9.27. The van der Waals surface area contributed by atoms with Crippen LogP contribution in [0, 0.1) is 6.92 Å². The van der Waals surface area contributed by atoms with Gasteiger partial charge in [-0.3, -0.25) is 19.2 Å². The molecule has 0 radical (unpaired) electrons. The van der Waals surface area contributed by atoms with E-state index in [1.54, 1.807) is 70.9 Å². The molecule has 6 heterocycles. The van der Waals surface area contributed by atoms with Gasteiger partial charge in [-0.25, -0.2) is 9.97 Å². The molecule has 0 fully saturated rings. The van der Waals surface area contributed by atoms with Gasteiger partial charge in [0.2, 0.25) is 11.8 Å². The van der Waals surface area contributed by atoms with Crippen LogP contribution in [0.15, 0.2) is 95.7 Å². The maximum Gasteiger partial charge on any atom is 0.573 e. The number of benzene rings is 3. The fraction of sp³-hybridized carbons (Fsp3) is 0.200. The lowest BCUT2D eigenvalue weighted by Crippen LogP contribution is -2.31. The van der Waals surface area contributed by atoms with Crippen molar-refractivity contribution in [3.8, 4) is 16.9 Å². The summed E-state index contributed by atoms with van der Waals surface area (Å²) >= 11 is 6.17. The predicted octanol–water partition coefficient (Wildman–Crippen LogP) is 10.1. The number of Topliss-reactive ketones (excluding diaryl/α,β-unsaturated/α-hetero) is 2. The number of aromatic nitrogens is 4. The molecule has 9 rings (SSSR count). The Kier molecular flexibility index (Phi) is 10.3. The monoisotopic (exact) mass is 874 g/mol. The molecule has 2 aliphatic rings. The van der Waals surface area contributed by atoms with Crippen molar-refractivity contribution in [2.75, 3.05) is 10.6 Å². The van der Waals surface area contributed by atoms with E-state index in [4.69, 9.17) is 0 Å². The van der Waals surface area contributed by atoms with Gasteiger partial charge in [0.25, 0.3) is 0 Å². The Bertz CT molecular complexity index is 2720. The molecule has 0 aliphatic carbocycles. The number of nitrogens with one attached hydrogen (secondary N) is 2. The Labute approximate surface area is 338 Å². The van der Waals surface area contributed by atoms with Gasteiger partial charge in [0, 0.05) is 29.7 Å². The van der Waals surface area contributed by atoms with Crippen LogP contribution in [0.1, 0.15) is 64.3 Å². The molecule has 7 aromatic rings. The molecular weight excluding hydrogens is 846 g/mol. The molecule has 2 atom stereocenters. The van der Waals surface area contributed by atoms with E-state index in [2.05, 4.69) is 41.3 Å². The van der Waals surface area contributed by atoms with Crippen molar-refractivity contribution in [2.24, 2.45) is 0 Å². The zero-order valence-corrected chi connectivity index (χ0v) is 33.0. The molecule has 2 N–H and O–H groups in total. The Balaban J connectivity index is 0.000000172. The number of fused-ring (bicyclic) bond motifs is 4. The largest absolute Gasteiger partial charge is 0.573 e. The first kappa shape index (κ1) is 38.2. The first-order valence-corrected chi connectivity index (χ1v) is 20.1. The summed E-state index contributed by atoms with van der Waals surface area (Å²) < 4.78 is 47.9. The SMILES string of the molecule is Cc1cc(-c2ccc3nc(NC(=O)C4CCC(=O)c5cccn54)sc3c2)ccc1OC(F)(F)F.O=C1CCC(C(=O)Nc2nc3ccc(Br)cc3s2)n2cccc21. The minimum Gasteiger partial charge on any atom is -0.406 e. The number of ether oxygens (including phenoxy) is 1. The van der Waals surface area contributed by atoms with Gasteiger partial charge >= 0.3 is 6.36 Å². The molecule has 290 valence electrons. The number of ketones is 2. The van der Waals surface area contributed by atoms with Gasteiger partial charge in [-0.2, -0.15) is 0 Å². The van der Waals surface area contributed by atoms with E-state index in [1.807, 2.05) is 30.3 Å². The zero-order chi connectivity index (χ0) is 40.0. The summed E-state index contributed by atoms with van der Waals surface area (Å²) in [5.41, 5.74) is 4.58. The maximum atomic E-state index is 12.9. The lowest BCUT2D eigenvalue weighted by Gasteiger charge is -2.24. The van der Waals surface area contributed by atoms with Crippen LogP contribution >= 0.6 is 38.6 Å². The number of thiazole rings is 2. The van der Waals surface area contributed by atoms with Crippen LogP contribution in [0.25, 0.3) is 31.6 Å². The number of carbonyl (C=O) groups is 4. The summed E-state index contributed by atoms with van der Waals surface area (Å²) in [5, 5.41) is 6.76. The van der Waals surface area contributed by atoms with E-state index in [-0.39, 0.29) is 35.2 Å². The lowest BCUT2D eigenvalue weighted by atomic mass is 10.0. The molecule has 2 unspecified atom stereocenters. The molecule has 11 nitrogen and oxygen atoms in total. The Morgan fingerprint density at radius 3 is 1.81 bits per heavy atom. The summed E-state index contributed by atoms with van der Waals surface area (Å²) in [6.45, 7) is 1.55. The molecule has 0 spiro atoms. The second kappa shape index (κ2) is 15.4. The van der Waals surface area contributed by atoms with E-state index in [0.717, 1.165) is 30.5 Å². The van der Waals surface area contributed by atoms with Gasteiger partial charge in [-0.05, 0) is 103 Å². The van der Waals surface area contributed by atoms with Gasteiger partial charge in [0.1, 0.15) is 17.8 Å². The third-order valence-corrected chi connectivity index (χ3v) is 12.0. The lowest BCUT2D eigenvalue weighted by molar-refractivity contribution is -0.274. The topological polar surface area (TPSA) is 137 Å². The number of nitrogens with zero attached hydrogens (tertiary/aromatic N) is 4. The number of aryl methyl sites for hydroxylation is 1. The summed E-state index contributed by atoms with van der Waals surface area (Å²) in [5.74, 6) is -0.498. The predicted molar refractivity (Wildman–Crippen MR) is 215 cm³/mol. The third kappa shape index (κ3) is 8.13. The van der Waals surface area contributed by atoms with Crippen LogP contribution in [0.3, 0.4) is 0 Å². The van der Waals surface area contributed by atoms with Crippen molar-refractivity contribution in [3.63, 3.8) is 0 Å². The van der Waals surface area contributed by atoms with E-state index < -0.39 is 12.4 Å².